The van der Waals surface area contributed by atoms with Crippen molar-refractivity contribution in [1.29, 1.82) is 0 Å². The minimum Gasteiger partial charge on any atom is -0.465 e. The number of nitrogens with zero attached hydrogens (tertiary/aromatic N) is 1. The Kier molecular flexibility index (Phi) is 12.4. The highest BCUT2D eigenvalue weighted by Gasteiger charge is 2.31. The summed E-state index contributed by atoms with van der Waals surface area (Å²) in [6, 6.07) is 8.27. The van der Waals surface area contributed by atoms with Gasteiger partial charge in [-0.05, 0) is 33.3 Å². The lowest BCUT2D eigenvalue weighted by atomic mass is 10.2. The molecule has 0 saturated carbocycles. The second-order valence-electron chi connectivity index (χ2n) is 8.12. The van der Waals surface area contributed by atoms with Crippen molar-refractivity contribution in [3.8, 4) is 0 Å². The van der Waals surface area contributed by atoms with Gasteiger partial charge in [0.1, 0.15) is 18.2 Å². The second-order valence-corrected chi connectivity index (χ2v) is 8.12. The van der Waals surface area contributed by atoms with Crippen molar-refractivity contribution in [2.45, 2.75) is 52.2 Å². The van der Waals surface area contributed by atoms with E-state index in [2.05, 4.69) is 5.32 Å². The number of carbonyl (C=O) groups is 3. The van der Waals surface area contributed by atoms with E-state index in [0.717, 1.165) is 5.56 Å². The predicted octanol–water partition coefficient (Wildman–Crippen LogP) is 2.11. The molecule has 0 aliphatic carbocycles. The number of hydrogen-bond donors (Lipinski definition) is 1. The third-order valence-corrected chi connectivity index (χ3v) is 4.22. The van der Waals surface area contributed by atoms with E-state index in [1.54, 1.807) is 27.7 Å². The van der Waals surface area contributed by atoms with Gasteiger partial charge in [-0.15, -0.1) is 0 Å². The first kappa shape index (κ1) is 28.3. The van der Waals surface area contributed by atoms with Gasteiger partial charge in [-0.25, -0.2) is 4.79 Å². The predicted molar refractivity (Wildman–Crippen MR) is 120 cm³/mol. The van der Waals surface area contributed by atoms with E-state index in [1.165, 1.54) is 19.1 Å². The minimum atomic E-state index is -1.12. The van der Waals surface area contributed by atoms with Crippen LogP contribution in [0.1, 0.15) is 33.3 Å². The summed E-state index contributed by atoms with van der Waals surface area (Å²) in [6.07, 6.45) is -1.56. The summed E-state index contributed by atoms with van der Waals surface area (Å²) in [5.74, 6) is -1.17. The van der Waals surface area contributed by atoms with Gasteiger partial charge in [0.15, 0.2) is 6.29 Å². The molecule has 0 aliphatic rings. The summed E-state index contributed by atoms with van der Waals surface area (Å²) in [7, 11) is 2.83. The number of rotatable bonds is 13. The van der Waals surface area contributed by atoms with Crippen LogP contribution < -0.4 is 5.32 Å². The number of benzene rings is 1. The maximum atomic E-state index is 13.4. The quantitative estimate of drug-likeness (QED) is 0.346. The Morgan fingerprint density at radius 1 is 1.06 bits per heavy atom. The molecule has 0 fully saturated rings. The standard InChI is InChI=1S/C23H36N2O8/c1-7-32-19(26)13-25(14-20(29-5)30-6)21(27)18(24-22(28)33-23(2,3)4)16-31-15-17-11-9-8-10-12-17/h8-12,18,20H,7,13-16H2,1-6H3,(H,24,28). The molecule has 0 saturated heterocycles. The van der Waals surface area contributed by atoms with Crippen molar-refractivity contribution < 1.29 is 38.1 Å². The molecule has 1 aromatic carbocycles. The van der Waals surface area contributed by atoms with Crippen molar-refractivity contribution in [2.75, 3.05) is 40.5 Å². The molecular weight excluding hydrogens is 432 g/mol. The maximum Gasteiger partial charge on any atom is 0.408 e. The molecule has 0 heterocycles. The highest BCUT2D eigenvalue weighted by Crippen LogP contribution is 2.09. The number of nitrogens with one attached hydrogen (secondary N) is 1. The van der Waals surface area contributed by atoms with Gasteiger partial charge in [-0.1, -0.05) is 30.3 Å². The number of methoxy groups -OCH3 is 2. The SMILES string of the molecule is CCOC(=O)CN(CC(OC)OC)C(=O)C(COCc1ccccc1)NC(=O)OC(C)(C)C. The summed E-state index contributed by atoms with van der Waals surface area (Å²) in [5, 5.41) is 2.54. The molecule has 0 aromatic heterocycles. The molecule has 0 spiro atoms. The van der Waals surface area contributed by atoms with Crippen LogP contribution in [0.25, 0.3) is 0 Å². The van der Waals surface area contributed by atoms with Crippen molar-refractivity contribution in [3.63, 3.8) is 0 Å². The zero-order valence-electron chi connectivity index (χ0n) is 20.3. The lowest BCUT2D eigenvalue weighted by Crippen LogP contribution is -2.54. The molecule has 0 radical (unpaired) electrons. The van der Waals surface area contributed by atoms with Gasteiger partial charge < -0.3 is 33.9 Å². The van der Waals surface area contributed by atoms with Gasteiger partial charge in [0, 0.05) is 14.2 Å². The molecule has 1 N–H and O–H groups in total. The normalized spacial score (nSPS) is 12.2. The summed E-state index contributed by atoms with van der Waals surface area (Å²) in [5.41, 5.74) is 0.146. The molecule has 1 aromatic rings. The Morgan fingerprint density at radius 2 is 1.70 bits per heavy atom. The van der Waals surface area contributed by atoms with Crippen LogP contribution in [0.2, 0.25) is 0 Å². The van der Waals surface area contributed by atoms with E-state index in [4.69, 9.17) is 23.7 Å². The summed E-state index contributed by atoms with van der Waals surface area (Å²) >= 11 is 0. The zero-order valence-corrected chi connectivity index (χ0v) is 20.3. The fourth-order valence-corrected chi connectivity index (χ4v) is 2.73. The van der Waals surface area contributed by atoms with E-state index >= 15 is 0 Å². The molecule has 0 bridgehead atoms. The highest BCUT2D eigenvalue weighted by molar-refractivity contribution is 5.88. The Labute approximate surface area is 195 Å². The van der Waals surface area contributed by atoms with Gasteiger partial charge >= 0.3 is 12.1 Å². The number of esters is 1. The molecule has 0 aliphatic heterocycles. The number of ether oxygens (including phenoxy) is 5. The summed E-state index contributed by atoms with van der Waals surface area (Å²) in [6.45, 7) is 6.66. The van der Waals surface area contributed by atoms with Gasteiger partial charge in [-0.3, -0.25) is 9.59 Å². The topological polar surface area (TPSA) is 113 Å². The smallest absolute Gasteiger partial charge is 0.408 e. The van der Waals surface area contributed by atoms with Gasteiger partial charge in [-0.2, -0.15) is 0 Å². The second kappa shape index (κ2) is 14.5. The van der Waals surface area contributed by atoms with E-state index in [9.17, 15) is 14.4 Å². The maximum absolute atomic E-state index is 13.4. The molecule has 10 nitrogen and oxygen atoms in total. The van der Waals surface area contributed by atoms with Crippen LogP contribution in [0.4, 0.5) is 4.79 Å². The van der Waals surface area contributed by atoms with Gasteiger partial charge in [0.25, 0.3) is 0 Å². The molecule has 1 atom stereocenters. The Balaban J connectivity index is 3.01. The first-order valence-electron chi connectivity index (χ1n) is 10.7. The Hall–Kier alpha value is -2.69. The van der Waals surface area contributed by atoms with E-state index in [-0.39, 0.29) is 32.9 Å². The van der Waals surface area contributed by atoms with Crippen molar-refractivity contribution in [2.24, 2.45) is 0 Å². The fraction of sp³-hybridized carbons (Fsp3) is 0.609. The average Bonchev–Trinajstić information content (AvgIpc) is 2.75. The molecule has 2 amide bonds. The van der Waals surface area contributed by atoms with Gasteiger partial charge in [0.05, 0.1) is 26.4 Å². The van der Waals surface area contributed by atoms with E-state index in [1.807, 2.05) is 30.3 Å². The average molecular weight is 469 g/mol. The van der Waals surface area contributed by atoms with Crippen LogP contribution in [0.15, 0.2) is 30.3 Å². The van der Waals surface area contributed by atoms with Crippen LogP contribution >= 0.6 is 0 Å². The minimum absolute atomic E-state index is 0.0597. The molecule has 186 valence electrons. The van der Waals surface area contributed by atoms with Crippen LogP contribution in [0.5, 0.6) is 0 Å². The molecule has 1 rings (SSSR count). The third-order valence-electron chi connectivity index (χ3n) is 4.22. The molecular formula is C23H36N2O8. The number of hydrogen-bond acceptors (Lipinski definition) is 8. The Morgan fingerprint density at radius 3 is 2.24 bits per heavy atom. The van der Waals surface area contributed by atoms with Crippen molar-refractivity contribution in [3.05, 3.63) is 35.9 Å². The molecule has 33 heavy (non-hydrogen) atoms. The van der Waals surface area contributed by atoms with Crippen LogP contribution in [0.3, 0.4) is 0 Å². The molecule has 10 heteroatoms. The first-order valence-corrected chi connectivity index (χ1v) is 10.7. The summed E-state index contributed by atoms with van der Waals surface area (Å²) < 4.78 is 26.3. The Bertz CT molecular complexity index is 732. The summed E-state index contributed by atoms with van der Waals surface area (Å²) in [4.78, 5) is 39.0. The van der Waals surface area contributed by atoms with Crippen molar-refractivity contribution in [1.82, 2.24) is 10.2 Å². The largest absolute Gasteiger partial charge is 0.465 e. The van der Waals surface area contributed by atoms with E-state index in [0.29, 0.717) is 0 Å². The van der Waals surface area contributed by atoms with Gasteiger partial charge in [0.2, 0.25) is 5.91 Å². The fourth-order valence-electron chi connectivity index (χ4n) is 2.73. The monoisotopic (exact) mass is 468 g/mol. The third kappa shape index (κ3) is 11.7. The highest BCUT2D eigenvalue weighted by atomic mass is 16.7. The lowest BCUT2D eigenvalue weighted by molar-refractivity contribution is -0.158. The number of amides is 2. The lowest BCUT2D eigenvalue weighted by Gasteiger charge is -2.30. The zero-order chi connectivity index (χ0) is 24.9. The van der Waals surface area contributed by atoms with Crippen LogP contribution in [-0.4, -0.2) is 81.3 Å². The van der Waals surface area contributed by atoms with Crippen molar-refractivity contribution >= 4 is 18.0 Å². The number of carbonyl (C=O) groups excluding carboxylic acids is 3. The number of alkyl carbamates (subject to hydrolysis) is 1. The van der Waals surface area contributed by atoms with E-state index < -0.39 is 35.9 Å². The molecule has 1 unspecified atom stereocenters. The van der Waals surface area contributed by atoms with Crippen LogP contribution in [-0.2, 0) is 39.9 Å². The first-order chi connectivity index (χ1) is 15.6. The van der Waals surface area contributed by atoms with Crippen LogP contribution in [0, 0.1) is 0 Å².